The summed E-state index contributed by atoms with van der Waals surface area (Å²) in [7, 11) is 1.61. The molecular weight excluding hydrogens is 472 g/mol. The van der Waals surface area contributed by atoms with Crippen molar-refractivity contribution >= 4 is 46.0 Å². The molecule has 0 aliphatic carbocycles. The number of hydrogen-bond donors (Lipinski definition) is 0. The third-order valence-corrected chi connectivity index (χ3v) is 6.46. The highest BCUT2D eigenvalue weighted by atomic mass is 32.2. The average Bonchev–Trinajstić information content (AvgIpc) is 3.11. The van der Waals surface area contributed by atoms with Gasteiger partial charge in [0.1, 0.15) is 22.4 Å². The molecule has 172 valence electrons. The minimum absolute atomic E-state index is 0.0285. The molecule has 1 aliphatic rings. The molecule has 1 fully saturated rings. The Bertz CT molecular complexity index is 1260. The molecule has 0 spiro atoms. The summed E-state index contributed by atoms with van der Waals surface area (Å²) >= 11 is 6.70. The number of nitrogens with zero attached hydrogens (tertiary/aromatic N) is 2. The van der Waals surface area contributed by atoms with E-state index in [4.69, 9.17) is 21.7 Å². The first kappa shape index (κ1) is 23.5. The zero-order valence-electron chi connectivity index (χ0n) is 18.2. The lowest BCUT2D eigenvalue weighted by atomic mass is 10.2. The van der Waals surface area contributed by atoms with Crippen LogP contribution in [0.5, 0.6) is 11.5 Å². The molecule has 0 aromatic heterocycles. The molecule has 0 N–H and O–H groups in total. The first-order chi connectivity index (χ1) is 16.4. The Morgan fingerprint density at radius 3 is 2.41 bits per heavy atom. The normalized spacial score (nSPS) is 14.5. The Morgan fingerprint density at radius 2 is 1.74 bits per heavy atom. The van der Waals surface area contributed by atoms with Crippen LogP contribution in [0.15, 0.2) is 77.7 Å². The summed E-state index contributed by atoms with van der Waals surface area (Å²) in [6.45, 7) is 0.613. The molecule has 1 amide bonds. The van der Waals surface area contributed by atoms with E-state index >= 15 is 0 Å². The van der Waals surface area contributed by atoms with E-state index in [1.807, 2.05) is 36.4 Å². The SMILES string of the molecule is COc1ccc(CN2C(=O)/C(=C/c3ccc(OCc4cccc([N+](=O)[O-])c4)cc3)SC2=S)cc1. The van der Waals surface area contributed by atoms with Crippen molar-refractivity contribution in [2.75, 3.05) is 7.11 Å². The number of hydrogen-bond acceptors (Lipinski definition) is 7. The Kier molecular flexibility index (Phi) is 7.24. The number of rotatable bonds is 8. The van der Waals surface area contributed by atoms with Gasteiger partial charge < -0.3 is 9.47 Å². The minimum Gasteiger partial charge on any atom is -0.497 e. The highest BCUT2D eigenvalue weighted by Gasteiger charge is 2.31. The molecule has 3 aromatic rings. The van der Waals surface area contributed by atoms with E-state index < -0.39 is 4.92 Å². The van der Waals surface area contributed by atoms with Crippen molar-refractivity contribution in [2.24, 2.45) is 0 Å². The second-order valence-corrected chi connectivity index (χ2v) is 9.08. The lowest BCUT2D eigenvalue weighted by Crippen LogP contribution is -2.27. The maximum atomic E-state index is 12.9. The van der Waals surface area contributed by atoms with Crippen molar-refractivity contribution in [3.05, 3.63) is 105 Å². The Labute approximate surface area is 206 Å². The third kappa shape index (κ3) is 5.62. The van der Waals surface area contributed by atoms with E-state index in [-0.39, 0.29) is 18.2 Å². The van der Waals surface area contributed by atoms with Crippen LogP contribution >= 0.6 is 24.0 Å². The second-order valence-electron chi connectivity index (χ2n) is 7.40. The van der Waals surface area contributed by atoms with Gasteiger partial charge >= 0.3 is 0 Å². The quantitative estimate of drug-likeness (QED) is 0.176. The third-order valence-electron chi connectivity index (χ3n) is 5.08. The summed E-state index contributed by atoms with van der Waals surface area (Å²) in [5, 5.41) is 10.9. The average molecular weight is 493 g/mol. The molecule has 7 nitrogen and oxygen atoms in total. The number of carbonyl (C=O) groups is 1. The second kappa shape index (κ2) is 10.5. The summed E-state index contributed by atoms with van der Waals surface area (Å²) in [6, 6.07) is 21.1. The molecule has 0 atom stereocenters. The van der Waals surface area contributed by atoms with Crippen molar-refractivity contribution in [3.8, 4) is 11.5 Å². The van der Waals surface area contributed by atoms with Gasteiger partial charge in [0.15, 0.2) is 0 Å². The Balaban J connectivity index is 1.38. The number of nitro groups is 1. The van der Waals surface area contributed by atoms with Crippen LogP contribution in [0.1, 0.15) is 16.7 Å². The Morgan fingerprint density at radius 1 is 1.03 bits per heavy atom. The standard InChI is InChI=1S/C25H20N2O5S2/c1-31-21-9-7-18(8-10-21)15-26-24(28)23(34-25(26)33)14-17-5-11-22(12-6-17)32-16-19-3-2-4-20(13-19)27(29)30/h2-14H,15-16H2,1H3/b23-14-. The molecule has 1 aliphatic heterocycles. The fraction of sp³-hybridized carbons (Fsp3) is 0.120. The highest BCUT2D eigenvalue weighted by Crippen LogP contribution is 2.34. The van der Waals surface area contributed by atoms with E-state index in [9.17, 15) is 14.9 Å². The van der Waals surface area contributed by atoms with Crippen molar-refractivity contribution in [2.45, 2.75) is 13.2 Å². The number of amides is 1. The first-order valence-electron chi connectivity index (χ1n) is 10.3. The van der Waals surface area contributed by atoms with Gasteiger partial charge in [-0.3, -0.25) is 19.8 Å². The van der Waals surface area contributed by atoms with Crippen LogP contribution in [0.4, 0.5) is 5.69 Å². The number of thiocarbonyl (C=S) groups is 1. The van der Waals surface area contributed by atoms with Crippen LogP contribution in [-0.2, 0) is 17.9 Å². The van der Waals surface area contributed by atoms with Crippen LogP contribution in [0.3, 0.4) is 0 Å². The number of carbonyl (C=O) groups excluding carboxylic acids is 1. The Hall–Kier alpha value is -3.69. The van der Waals surface area contributed by atoms with E-state index in [0.29, 0.717) is 27.1 Å². The molecule has 3 aromatic carbocycles. The fourth-order valence-corrected chi connectivity index (χ4v) is 4.54. The van der Waals surface area contributed by atoms with Crippen molar-refractivity contribution in [1.29, 1.82) is 0 Å². The zero-order valence-corrected chi connectivity index (χ0v) is 19.8. The molecule has 1 heterocycles. The predicted molar refractivity (Wildman–Crippen MR) is 136 cm³/mol. The first-order valence-corrected chi connectivity index (χ1v) is 11.5. The molecule has 0 bridgehead atoms. The van der Waals surface area contributed by atoms with Gasteiger partial charge in [-0.2, -0.15) is 0 Å². The molecule has 9 heteroatoms. The summed E-state index contributed by atoms with van der Waals surface area (Å²) in [4.78, 5) is 25.5. The number of thioether (sulfide) groups is 1. The smallest absolute Gasteiger partial charge is 0.269 e. The van der Waals surface area contributed by atoms with Crippen LogP contribution in [-0.4, -0.2) is 27.2 Å². The van der Waals surface area contributed by atoms with Gasteiger partial charge in [0.05, 0.1) is 23.5 Å². The molecule has 0 saturated carbocycles. The van der Waals surface area contributed by atoms with Crippen molar-refractivity contribution in [1.82, 2.24) is 4.90 Å². The van der Waals surface area contributed by atoms with Crippen LogP contribution in [0.2, 0.25) is 0 Å². The van der Waals surface area contributed by atoms with Crippen LogP contribution in [0, 0.1) is 10.1 Å². The summed E-state index contributed by atoms with van der Waals surface area (Å²) in [5.41, 5.74) is 2.54. The van der Waals surface area contributed by atoms with E-state index in [0.717, 1.165) is 16.9 Å². The zero-order chi connectivity index (χ0) is 24.1. The van der Waals surface area contributed by atoms with Crippen LogP contribution < -0.4 is 9.47 Å². The van der Waals surface area contributed by atoms with Gasteiger partial charge in [-0.25, -0.2) is 0 Å². The van der Waals surface area contributed by atoms with Gasteiger partial charge in [-0.15, -0.1) is 0 Å². The predicted octanol–water partition coefficient (Wildman–Crippen LogP) is 5.58. The van der Waals surface area contributed by atoms with Gasteiger partial charge in [-0.05, 0) is 47.0 Å². The fourth-order valence-electron chi connectivity index (χ4n) is 3.29. The minimum atomic E-state index is -0.433. The highest BCUT2D eigenvalue weighted by molar-refractivity contribution is 8.26. The molecular formula is C25H20N2O5S2. The van der Waals surface area contributed by atoms with Crippen molar-refractivity contribution in [3.63, 3.8) is 0 Å². The molecule has 0 unspecified atom stereocenters. The topological polar surface area (TPSA) is 81.9 Å². The van der Waals surface area contributed by atoms with Gasteiger partial charge in [0.2, 0.25) is 0 Å². The van der Waals surface area contributed by atoms with Crippen LogP contribution in [0.25, 0.3) is 6.08 Å². The number of ether oxygens (including phenoxy) is 2. The lowest BCUT2D eigenvalue weighted by Gasteiger charge is -2.14. The van der Waals surface area contributed by atoms with Crippen molar-refractivity contribution < 1.29 is 19.2 Å². The molecule has 4 rings (SSSR count). The lowest BCUT2D eigenvalue weighted by molar-refractivity contribution is -0.384. The number of benzene rings is 3. The van der Waals surface area contributed by atoms with E-state index in [1.54, 1.807) is 42.4 Å². The monoisotopic (exact) mass is 492 g/mol. The molecule has 0 radical (unpaired) electrons. The summed E-state index contributed by atoms with van der Waals surface area (Å²) in [6.07, 6.45) is 1.80. The maximum Gasteiger partial charge on any atom is 0.269 e. The number of nitro benzene ring substituents is 1. The van der Waals surface area contributed by atoms with Gasteiger partial charge in [-0.1, -0.05) is 60.4 Å². The number of non-ortho nitro benzene ring substituents is 1. The summed E-state index contributed by atoms with van der Waals surface area (Å²) in [5.74, 6) is 1.25. The molecule has 34 heavy (non-hydrogen) atoms. The number of methoxy groups -OCH3 is 1. The maximum absolute atomic E-state index is 12.9. The summed E-state index contributed by atoms with van der Waals surface area (Å²) < 4.78 is 11.4. The van der Waals surface area contributed by atoms with E-state index in [1.165, 1.54) is 23.9 Å². The van der Waals surface area contributed by atoms with Gasteiger partial charge in [0.25, 0.3) is 11.6 Å². The molecule has 1 saturated heterocycles. The van der Waals surface area contributed by atoms with Gasteiger partial charge in [0, 0.05) is 12.1 Å². The van der Waals surface area contributed by atoms with E-state index in [2.05, 4.69) is 0 Å². The largest absolute Gasteiger partial charge is 0.497 e.